The SMILES string of the molecule is CNCCc1cc(Cl)c(OC)c(SC)c1. The zero-order valence-electron chi connectivity index (χ0n) is 9.26. The van der Waals surface area contributed by atoms with Crippen molar-refractivity contribution >= 4 is 23.4 Å². The minimum atomic E-state index is 0.690. The quantitative estimate of drug-likeness (QED) is 0.807. The lowest BCUT2D eigenvalue weighted by molar-refractivity contribution is 0.405. The van der Waals surface area contributed by atoms with Crippen molar-refractivity contribution in [3.63, 3.8) is 0 Å². The van der Waals surface area contributed by atoms with Crippen LogP contribution in [0.3, 0.4) is 0 Å². The number of thioether (sulfide) groups is 1. The molecule has 1 rings (SSSR count). The second-order valence-corrected chi connectivity index (χ2v) is 4.42. The standard InChI is InChI=1S/C11H16ClNOS/c1-13-5-4-8-6-9(12)11(14-2)10(7-8)15-3/h6-7,13H,4-5H2,1-3H3. The van der Waals surface area contributed by atoms with Gasteiger partial charge in [0.05, 0.1) is 17.0 Å². The number of halogens is 1. The number of ether oxygens (including phenoxy) is 1. The van der Waals surface area contributed by atoms with Crippen LogP contribution in [0.5, 0.6) is 5.75 Å². The summed E-state index contributed by atoms with van der Waals surface area (Å²) in [6, 6.07) is 4.10. The van der Waals surface area contributed by atoms with E-state index >= 15 is 0 Å². The molecule has 0 fully saturated rings. The summed E-state index contributed by atoms with van der Waals surface area (Å²) in [6.07, 6.45) is 3.00. The highest BCUT2D eigenvalue weighted by molar-refractivity contribution is 7.98. The molecule has 0 bridgehead atoms. The van der Waals surface area contributed by atoms with Crippen LogP contribution >= 0.6 is 23.4 Å². The van der Waals surface area contributed by atoms with Crippen LogP contribution in [-0.2, 0) is 6.42 Å². The number of nitrogens with one attached hydrogen (secondary N) is 1. The van der Waals surface area contributed by atoms with E-state index in [4.69, 9.17) is 16.3 Å². The smallest absolute Gasteiger partial charge is 0.150 e. The number of likely N-dealkylation sites (N-methyl/N-ethyl adjacent to an activating group) is 1. The molecule has 2 nitrogen and oxygen atoms in total. The molecule has 0 radical (unpaired) electrons. The molecular weight excluding hydrogens is 230 g/mol. The van der Waals surface area contributed by atoms with Crippen molar-refractivity contribution in [2.45, 2.75) is 11.3 Å². The third kappa shape index (κ3) is 3.30. The Bertz CT molecular complexity index is 331. The normalized spacial score (nSPS) is 10.4. The fourth-order valence-corrected chi connectivity index (χ4v) is 2.41. The molecule has 0 aliphatic carbocycles. The molecule has 0 unspecified atom stereocenters. The predicted molar refractivity (Wildman–Crippen MR) is 67.4 cm³/mol. The number of benzene rings is 1. The van der Waals surface area contributed by atoms with Gasteiger partial charge in [-0.05, 0) is 44.0 Å². The summed E-state index contributed by atoms with van der Waals surface area (Å²) in [5.74, 6) is 0.775. The minimum Gasteiger partial charge on any atom is -0.494 e. The Morgan fingerprint density at radius 1 is 1.47 bits per heavy atom. The molecule has 1 aromatic rings. The molecule has 0 aliphatic heterocycles. The van der Waals surface area contributed by atoms with E-state index in [1.54, 1.807) is 18.9 Å². The Hall–Kier alpha value is -0.380. The summed E-state index contributed by atoms with van der Waals surface area (Å²) in [5, 5.41) is 3.81. The topological polar surface area (TPSA) is 21.3 Å². The van der Waals surface area contributed by atoms with E-state index in [9.17, 15) is 0 Å². The van der Waals surface area contributed by atoms with Gasteiger partial charge in [0.2, 0.25) is 0 Å². The zero-order valence-corrected chi connectivity index (χ0v) is 10.8. The van der Waals surface area contributed by atoms with Crippen LogP contribution in [0.15, 0.2) is 17.0 Å². The molecule has 0 heterocycles. The van der Waals surface area contributed by atoms with E-state index in [1.165, 1.54) is 5.56 Å². The molecule has 0 aliphatic rings. The average molecular weight is 246 g/mol. The maximum Gasteiger partial charge on any atom is 0.150 e. The fourth-order valence-electron chi connectivity index (χ4n) is 1.39. The van der Waals surface area contributed by atoms with Gasteiger partial charge in [-0.2, -0.15) is 0 Å². The van der Waals surface area contributed by atoms with Crippen LogP contribution < -0.4 is 10.1 Å². The summed E-state index contributed by atoms with van der Waals surface area (Å²) in [7, 11) is 3.59. The largest absolute Gasteiger partial charge is 0.494 e. The number of rotatable bonds is 5. The van der Waals surface area contributed by atoms with Crippen molar-refractivity contribution in [2.75, 3.05) is 27.0 Å². The Morgan fingerprint density at radius 2 is 2.20 bits per heavy atom. The third-order valence-corrected chi connectivity index (χ3v) is 3.18. The lowest BCUT2D eigenvalue weighted by atomic mass is 10.1. The van der Waals surface area contributed by atoms with Gasteiger partial charge in [0, 0.05) is 0 Å². The molecule has 0 spiro atoms. The van der Waals surface area contributed by atoms with Crippen LogP contribution in [0.2, 0.25) is 5.02 Å². The highest BCUT2D eigenvalue weighted by Gasteiger charge is 2.09. The molecule has 0 atom stereocenters. The molecule has 0 saturated carbocycles. The predicted octanol–water partition coefficient (Wildman–Crippen LogP) is 2.83. The lowest BCUT2D eigenvalue weighted by Crippen LogP contribution is -2.10. The van der Waals surface area contributed by atoms with E-state index in [0.29, 0.717) is 5.02 Å². The van der Waals surface area contributed by atoms with E-state index < -0.39 is 0 Å². The lowest BCUT2D eigenvalue weighted by Gasteiger charge is -2.11. The van der Waals surface area contributed by atoms with Crippen LogP contribution in [0.4, 0.5) is 0 Å². The average Bonchev–Trinajstić information content (AvgIpc) is 2.25. The van der Waals surface area contributed by atoms with Crippen molar-refractivity contribution < 1.29 is 4.74 Å². The highest BCUT2D eigenvalue weighted by Crippen LogP contribution is 2.35. The number of methoxy groups -OCH3 is 1. The Balaban J connectivity index is 2.97. The van der Waals surface area contributed by atoms with Crippen molar-refractivity contribution in [3.8, 4) is 5.75 Å². The zero-order chi connectivity index (χ0) is 11.3. The molecule has 0 amide bonds. The van der Waals surface area contributed by atoms with Crippen LogP contribution in [0.1, 0.15) is 5.56 Å². The van der Waals surface area contributed by atoms with Crippen molar-refractivity contribution in [3.05, 3.63) is 22.7 Å². The van der Waals surface area contributed by atoms with Crippen molar-refractivity contribution in [1.82, 2.24) is 5.32 Å². The van der Waals surface area contributed by atoms with E-state index in [1.807, 2.05) is 19.4 Å². The number of hydrogen-bond acceptors (Lipinski definition) is 3. The van der Waals surface area contributed by atoms with Crippen molar-refractivity contribution in [1.29, 1.82) is 0 Å². The molecule has 1 aromatic carbocycles. The molecule has 15 heavy (non-hydrogen) atoms. The van der Waals surface area contributed by atoms with Gasteiger partial charge in [0.25, 0.3) is 0 Å². The summed E-state index contributed by atoms with van der Waals surface area (Å²) in [5.41, 5.74) is 1.24. The van der Waals surface area contributed by atoms with Gasteiger partial charge in [0.1, 0.15) is 0 Å². The fraction of sp³-hybridized carbons (Fsp3) is 0.455. The Kier molecular flexibility index (Phi) is 5.29. The van der Waals surface area contributed by atoms with Crippen LogP contribution in [-0.4, -0.2) is 27.0 Å². The summed E-state index contributed by atoms with van der Waals surface area (Å²) in [6.45, 7) is 0.955. The van der Waals surface area contributed by atoms with E-state index in [2.05, 4.69) is 11.4 Å². The van der Waals surface area contributed by atoms with Crippen LogP contribution in [0, 0.1) is 0 Å². The first-order valence-corrected chi connectivity index (χ1v) is 6.38. The van der Waals surface area contributed by atoms with Crippen molar-refractivity contribution in [2.24, 2.45) is 0 Å². The highest BCUT2D eigenvalue weighted by atomic mass is 35.5. The Morgan fingerprint density at radius 3 is 2.73 bits per heavy atom. The Labute approximate surface area is 100 Å². The number of hydrogen-bond donors (Lipinski definition) is 1. The summed E-state index contributed by atoms with van der Waals surface area (Å²) < 4.78 is 5.26. The maximum atomic E-state index is 6.13. The van der Waals surface area contributed by atoms with Gasteiger partial charge >= 0.3 is 0 Å². The third-order valence-electron chi connectivity index (χ3n) is 2.16. The molecule has 4 heteroatoms. The molecule has 0 aromatic heterocycles. The molecular formula is C11H16ClNOS. The molecule has 1 N–H and O–H groups in total. The monoisotopic (exact) mass is 245 g/mol. The van der Waals surface area contributed by atoms with Gasteiger partial charge in [-0.25, -0.2) is 0 Å². The molecule has 84 valence electrons. The first kappa shape index (κ1) is 12.7. The molecule has 0 saturated heterocycles. The maximum absolute atomic E-state index is 6.13. The van der Waals surface area contributed by atoms with Gasteiger partial charge in [-0.15, -0.1) is 11.8 Å². The first-order chi connectivity index (χ1) is 7.22. The summed E-state index contributed by atoms with van der Waals surface area (Å²) >= 11 is 7.79. The minimum absolute atomic E-state index is 0.690. The second-order valence-electron chi connectivity index (χ2n) is 3.17. The van der Waals surface area contributed by atoms with Gasteiger partial charge < -0.3 is 10.1 Å². The van der Waals surface area contributed by atoms with E-state index in [-0.39, 0.29) is 0 Å². The second kappa shape index (κ2) is 6.26. The van der Waals surface area contributed by atoms with Crippen LogP contribution in [0.25, 0.3) is 0 Å². The first-order valence-electron chi connectivity index (χ1n) is 4.78. The summed E-state index contributed by atoms with van der Waals surface area (Å²) in [4.78, 5) is 1.09. The van der Waals surface area contributed by atoms with Gasteiger partial charge in [-0.1, -0.05) is 11.6 Å². The van der Waals surface area contributed by atoms with Gasteiger partial charge in [0.15, 0.2) is 5.75 Å². The van der Waals surface area contributed by atoms with Gasteiger partial charge in [-0.3, -0.25) is 0 Å². The van der Waals surface area contributed by atoms with E-state index in [0.717, 1.165) is 23.6 Å².